The average Bonchev–Trinajstić information content (AvgIpc) is 2.87. The molecule has 2 heteroatoms. The first-order valence-corrected chi connectivity index (χ1v) is 7.73. The lowest BCUT2D eigenvalue weighted by atomic mass is 9.97. The van der Waals surface area contributed by atoms with Gasteiger partial charge in [0, 0.05) is 9.75 Å². The van der Waals surface area contributed by atoms with Crippen molar-refractivity contribution < 1.29 is 0 Å². The fourth-order valence-electron chi connectivity index (χ4n) is 1.90. The van der Waals surface area contributed by atoms with Crippen LogP contribution >= 0.6 is 27.3 Å². The van der Waals surface area contributed by atoms with Gasteiger partial charge in [-0.05, 0) is 30.0 Å². The standard InChI is InChI=1S/C15H17BrS/c1-3-13-9-10-14(17-13)15(16)11(2)12-7-5-4-6-8-12/h4-11,15H,3H2,1-2H3. The van der Waals surface area contributed by atoms with Gasteiger partial charge in [-0.25, -0.2) is 0 Å². The van der Waals surface area contributed by atoms with Crippen LogP contribution in [-0.4, -0.2) is 0 Å². The molecular weight excluding hydrogens is 292 g/mol. The Bertz CT molecular complexity index is 461. The van der Waals surface area contributed by atoms with E-state index in [1.54, 1.807) is 0 Å². The second-order valence-electron chi connectivity index (χ2n) is 4.26. The monoisotopic (exact) mass is 308 g/mol. The molecule has 0 aliphatic rings. The number of hydrogen-bond acceptors (Lipinski definition) is 1. The van der Waals surface area contributed by atoms with Crippen molar-refractivity contribution in [3.05, 3.63) is 57.8 Å². The Kier molecular flexibility index (Phi) is 4.41. The third-order valence-electron chi connectivity index (χ3n) is 3.07. The second kappa shape index (κ2) is 5.83. The van der Waals surface area contributed by atoms with Gasteiger partial charge in [0.1, 0.15) is 0 Å². The molecule has 17 heavy (non-hydrogen) atoms. The summed E-state index contributed by atoms with van der Waals surface area (Å²) in [6, 6.07) is 15.2. The van der Waals surface area contributed by atoms with Gasteiger partial charge < -0.3 is 0 Å². The molecule has 1 aromatic heterocycles. The molecule has 0 N–H and O–H groups in total. The zero-order chi connectivity index (χ0) is 12.3. The molecule has 2 rings (SSSR count). The van der Waals surface area contributed by atoms with Crippen LogP contribution in [0.15, 0.2) is 42.5 Å². The third-order valence-corrected chi connectivity index (χ3v) is 5.97. The number of benzene rings is 1. The number of thiophene rings is 1. The van der Waals surface area contributed by atoms with Crippen molar-refractivity contribution in [3.8, 4) is 0 Å². The van der Waals surface area contributed by atoms with Crippen molar-refractivity contribution in [1.82, 2.24) is 0 Å². The molecule has 0 amide bonds. The molecule has 1 aromatic carbocycles. The molecule has 2 atom stereocenters. The van der Waals surface area contributed by atoms with Crippen molar-refractivity contribution in [2.45, 2.75) is 31.0 Å². The Balaban J connectivity index is 2.17. The Morgan fingerprint density at radius 2 is 1.82 bits per heavy atom. The zero-order valence-electron chi connectivity index (χ0n) is 10.2. The fraction of sp³-hybridized carbons (Fsp3) is 0.333. The first-order valence-electron chi connectivity index (χ1n) is 6.00. The molecule has 0 aliphatic heterocycles. The minimum absolute atomic E-state index is 0.412. The van der Waals surface area contributed by atoms with Gasteiger partial charge in [0.2, 0.25) is 0 Å². The lowest BCUT2D eigenvalue weighted by molar-refractivity contribution is 0.761. The summed E-state index contributed by atoms with van der Waals surface area (Å²) in [5, 5.41) is 0. The van der Waals surface area contributed by atoms with Crippen LogP contribution < -0.4 is 0 Å². The number of rotatable bonds is 4. The van der Waals surface area contributed by atoms with E-state index in [2.05, 4.69) is 72.2 Å². The number of aryl methyl sites for hydroxylation is 1. The number of halogens is 1. The van der Waals surface area contributed by atoms with Gasteiger partial charge in [-0.15, -0.1) is 11.3 Å². The van der Waals surface area contributed by atoms with Crippen LogP contribution in [0.4, 0.5) is 0 Å². The van der Waals surface area contributed by atoms with Crippen molar-refractivity contribution in [3.63, 3.8) is 0 Å². The summed E-state index contributed by atoms with van der Waals surface area (Å²) in [6.45, 7) is 4.49. The smallest absolute Gasteiger partial charge is 0.0555 e. The molecule has 2 unspecified atom stereocenters. The minimum Gasteiger partial charge on any atom is -0.144 e. The predicted molar refractivity (Wildman–Crippen MR) is 80.2 cm³/mol. The van der Waals surface area contributed by atoms with E-state index in [4.69, 9.17) is 0 Å². The summed E-state index contributed by atoms with van der Waals surface area (Å²) < 4.78 is 0. The summed E-state index contributed by atoms with van der Waals surface area (Å²) in [5.74, 6) is 0.500. The molecule has 90 valence electrons. The van der Waals surface area contributed by atoms with Gasteiger partial charge in [-0.3, -0.25) is 0 Å². The van der Waals surface area contributed by atoms with E-state index in [1.165, 1.54) is 15.3 Å². The van der Waals surface area contributed by atoms with Crippen LogP contribution in [0.25, 0.3) is 0 Å². The molecule has 0 spiro atoms. The van der Waals surface area contributed by atoms with Gasteiger partial charge in [-0.1, -0.05) is 60.1 Å². The Hall–Kier alpha value is -0.600. The lowest BCUT2D eigenvalue weighted by Crippen LogP contribution is -2.00. The number of alkyl halides is 1. The van der Waals surface area contributed by atoms with Gasteiger partial charge in [0.15, 0.2) is 0 Å². The van der Waals surface area contributed by atoms with Gasteiger partial charge in [0.25, 0.3) is 0 Å². The second-order valence-corrected chi connectivity index (χ2v) is 6.45. The van der Waals surface area contributed by atoms with Crippen LogP contribution in [0.3, 0.4) is 0 Å². The molecule has 0 radical (unpaired) electrons. The molecular formula is C15H17BrS. The van der Waals surface area contributed by atoms with Crippen LogP contribution in [0.1, 0.15) is 39.9 Å². The molecule has 1 heterocycles. The van der Waals surface area contributed by atoms with Crippen molar-refractivity contribution in [1.29, 1.82) is 0 Å². The van der Waals surface area contributed by atoms with Gasteiger partial charge in [0.05, 0.1) is 4.83 Å². The number of hydrogen-bond donors (Lipinski definition) is 0. The van der Waals surface area contributed by atoms with E-state index >= 15 is 0 Å². The first kappa shape index (κ1) is 12.8. The highest BCUT2D eigenvalue weighted by Gasteiger charge is 2.19. The Labute approximate surface area is 116 Å². The maximum Gasteiger partial charge on any atom is 0.0555 e. The summed E-state index contributed by atoms with van der Waals surface area (Å²) in [5.41, 5.74) is 1.39. The predicted octanol–water partition coefficient (Wildman–Crippen LogP) is 5.55. The van der Waals surface area contributed by atoms with Crippen LogP contribution in [0, 0.1) is 0 Å². The highest BCUT2D eigenvalue weighted by Crippen LogP contribution is 2.40. The topological polar surface area (TPSA) is 0 Å². The van der Waals surface area contributed by atoms with E-state index < -0.39 is 0 Å². The molecule has 0 fully saturated rings. The average molecular weight is 309 g/mol. The van der Waals surface area contributed by atoms with Gasteiger partial charge in [-0.2, -0.15) is 0 Å². The Morgan fingerprint density at radius 1 is 1.12 bits per heavy atom. The summed E-state index contributed by atoms with van der Waals surface area (Å²) in [6.07, 6.45) is 1.13. The SMILES string of the molecule is CCc1ccc(C(Br)C(C)c2ccccc2)s1. The van der Waals surface area contributed by atoms with Crippen molar-refractivity contribution in [2.75, 3.05) is 0 Å². The molecule has 0 saturated heterocycles. The van der Waals surface area contributed by atoms with Crippen LogP contribution in [0.5, 0.6) is 0 Å². The van der Waals surface area contributed by atoms with E-state index in [0.29, 0.717) is 10.7 Å². The molecule has 0 nitrogen and oxygen atoms in total. The summed E-state index contributed by atoms with van der Waals surface area (Å²) in [7, 11) is 0. The molecule has 2 aromatic rings. The van der Waals surface area contributed by atoms with Crippen LogP contribution in [-0.2, 0) is 6.42 Å². The third kappa shape index (κ3) is 2.99. The first-order chi connectivity index (χ1) is 8.22. The molecule has 0 saturated carbocycles. The Morgan fingerprint density at radius 3 is 2.41 bits per heavy atom. The van der Waals surface area contributed by atoms with Crippen molar-refractivity contribution >= 4 is 27.3 Å². The summed E-state index contributed by atoms with van der Waals surface area (Å²) in [4.78, 5) is 3.30. The largest absolute Gasteiger partial charge is 0.144 e. The molecule has 0 bridgehead atoms. The van der Waals surface area contributed by atoms with E-state index in [-0.39, 0.29) is 0 Å². The summed E-state index contributed by atoms with van der Waals surface area (Å²) >= 11 is 5.76. The van der Waals surface area contributed by atoms with E-state index in [0.717, 1.165) is 6.42 Å². The lowest BCUT2D eigenvalue weighted by Gasteiger charge is -2.17. The van der Waals surface area contributed by atoms with E-state index in [1.807, 2.05) is 11.3 Å². The van der Waals surface area contributed by atoms with Crippen LogP contribution in [0.2, 0.25) is 0 Å². The quantitative estimate of drug-likeness (QED) is 0.650. The maximum atomic E-state index is 3.84. The normalized spacial score (nSPS) is 14.5. The van der Waals surface area contributed by atoms with E-state index in [9.17, 15) is 0 Å². The zero-order valence-corrected chi connectivity index (χ0v) is 12.6. The highest BCUT2D eigenvalue weighted by molar-refractivity contribution is 9.09. The fourth-order valence-corrected chi connectivity index (χ4v) is 3.68. The molecule has 0 aliphatic carbocycles. The van der Waals surface area contributed by atoms with Crippen molar-refractivity contribution in [2.24, 2.45) is 0 Å². The highest BCUT2D eigenvalue weighted by atomic mass is 79.9. The van der Waals surface area contributed by atoms with Gasteiger partial charge >= 0.3 is 0 Å². The minimum atomic E-state index is 0.412. The maximum absolute atomic E-state index is 3.84.